The molecule has 40 heavy (non-hydrogen) atoms. The summed E-state index contributed by atoms with van der Waals surface area (Å²) in [5.74, 6) is 0.953. The molecule has 0 aliphatic carbocycles. The van der Waals surface area contributed by atoms with Gasteiger partial charge in [-0.1, -0.05) is 0 Å². The van der Waals surface area contributed by atoms with Crippen molar-refractivity contribution in [1.29, 1.82) is 0 Å². The number of carbonyl (C=O) groups excluding carboxylic acids is 1. The summed E-state index contributed by atoms with van der Waals surface area (Å²) in [5.41, 5.74) is 5.48. The van der Waals surface area contributed by atoms with Gasteiger partial charge in [0, 0.05) is 29.8 Å². The van der Waals surface area contributed by atoms with E-state index in [9.17, 15) is 9.18 Å². The fraction of sp³-hybridized carbons (Fsp3) is 0.214. The number of nitrogens with one attached hydrogen (secondary N) is 4. The van der Waals surface area contributed by atoms with Crippen LogP contribution in [0.15, 0.2) is 55.1 Å². The molecule has 1 aliphatic rings. The lowest BCUT2D eigenvalue weighted by molar-refractivity contribution is -0.117. The molecule has 0 aromatic carbocycles. The number of hydrogen-bond donors (Lipinski definition) is 4. The third-order valence-corrected chi connectivity index (χ3v) is 8.01. The Kier molecular flexibility index (Phi) is 6.25. The first-order chi connectivity index (χ1) is 19.6. The van der Waals surface area contributed by atoms with E-state index in [4.69, 9.17) is 4.98 Å². The van der Waals surface area contributed by atoms with Crippen LogP contribution in [0.4, 0.5) is 10.1 Å². The van der Waals surface area contributed by atoms with Crippen LogP contribution in [0.3, 0.4) is 0 Å². The van der Waals surface area contributed by atoms with E-state index in [0.717, 1.165) is 59.3 Å². The number of pyridine rings is 3. The van der Waals surface area contributed by atoms with Crippen LogP contribution in [-0.2, 0) is 4.79 Å². The van der Waals surface area contributed by atoms with E-state index in [2.05, 4.69) is 40.8 Å². The van der Waals surface area contributed by atoms with Crippen molar-refractivity contribution in [2.45, 2.75) is 19.3 Å². The van der Waals surface area contributed by atoms with Crippen molar-refractivity contribution in [3.63, 3.8) is 0 Å². The van der Waals surface area contributed by atoms with Gasteiger partial charge in [0.1, 0.15) is 16.9 Å². The fourth-order valence-electron chi connectivity index (χ4n) is 5.13. The molecule has 0 bridgehead atoms. The molecule has 7 heterocycles. The second-order valence-corrected chi connectivity index (χ2v) is 10.9. The number of imidazole rings is 1. The molecule has 7 rings (SSSR count). The van der Waals surface area contributed by atoms with Crippen molar-refractivity contribution < 1.29 is 9.18 Å². The maximum atomic E-state index is 13.7. The first-order valence-corrected chi connectivity index (χ1v) is 13.8. The molecule has 200 valence electrons. The van der Waals surface area contributed by atoms with E-state index >= 15 is 0 Å². The number of thiophene rings is 1. The lowest BCUT2D eigenvalue weighted by atomic mass is 9.94. The molecule has 10 nitrogen and oxygen atoms in total. The van der Waals surface area contributed by atoms with Crippen LogP contribution < -0.4 is 10.6 Å². The van der Waals surface area contributed by atoms with Crippen molar-refractivity contribution in [1.82, 2.24) is 40.4 Å². The zero-order chi connectivity index (χ0) is 27.1. The average Bonchev–Trinajstić information content (AvgIpc) is 3.71. The van der Waals surface area contributed by atoms with Crippen molar-refractivity contribution >= 4 is 44.9 Å². The van der Waals surface area contributed by atoms with E-state index in [1.807, 2.05) is 18.2 Å². The van der Waals surface area contributed by atoms with Gasteiger partial charge in [-0.15, -0.1) is 11.3 Å². The highest BCUT2D eigenvalue weighted by Crippen LogP contribution is 2.34. The van der Waals surface area contributed by atoms with E-state index in [1.165, 1.54) is 6.07 Å². The number of hydrogen-bond acceptors (Lipinski definition) is 8. The molecular formula is C28H24FN9OS. The van der Waals surface area contributed by atoms with Crippen molar-refractivity contribution in [2.24, 2.45) is 5.92 Å². The molecule has 1 amide bonds. The zero-order valence-electron chi connectivity index (χ0n) is 21.2. The van der Waals surface area contributed by atoms with E-state index < -0.39 is 0 Å². The molecule has 0 saturated carbocycles. The molecule has 6 aromatic heterocycles. The Labute approximate surface area is 231 Å². The van der Waals surface area contributed by atoms with Gasteiger partial charge >= 0.3 is 0 Å². The summed E-state index contributed by atoms with van der Waals surface area (Å²) in [4.78, 5) is 34.8. The number of aromatic nitrogens is 7. The summed E-state index contributed by atoms with van der Waals surface area (Å²) >= 11 is 1.03. The number of aromatic amines is 2. The SMILES string of the molecule is O=C(CC1CCNCC1)Nc1cncc(-c2cc3c(-c4nc5c(-c6ccc(F)s6)nccc5[nH]4)n[nH]c3cn2)c1. The van der Waals surface area contributed by atoms with Gasteiger partial charge in [-0.3, -0.25) is 24.8 Å². The van der Waals surface area contributed by atoms with Gasteiger partial charge < -0.3 is 15.6 Å². The molecule has 0 atom stereocenters. The molecule has 1 aliphatic heterocycles. The fourth-order valence-corrected chi connectivity index (χ4v) is 5.86. The minimum Gasteiger partial charge on any atom is -0.336 e. The Balaban J connectivity index is 1.19. The Morgan fingerprint density at radius 3 is 2.80 bits per heavy atom. The third-order valence-electron chi connectivity index (χ3n) is 7.13. The van der Waals surface area contributed by atoms with E-state index in [-0.39, 0.29) is 11.0 Å². The Morgan fingerprint density at radius 1 is 1.05 bits per heavy atom. The smallest absolute Gasteiger partial charge is 0.224 e. The van der Waals surface area contributed by atoms with Crippen molar-refractivity contribution in [2.75, 3.05) is 18.4 Å². The number of anilines is 1. The van der Waals surface area contributed by atoms with Crippen LogP contribution in [0, 0.1) is 11.0 Å². The number of amides is 1. The van der Waals surface area contributed by atoms with E-state index in [0.29, 0.717) is 51.3 Å². The zero-order valence-corrected chi connectivity index (χ0v) is 22.1. The lowest BCUT2D eigenvalue weighted by Crippen LogP contribution is -2.30. The number of nitrogens with zero attached hydrogens (tertiary/aromatic N) is 5. The quantitative estimate of drug-likeness (QED) is 0.224. The van der Waals surface area contributed by atoms with Crippen LogP contribution in [0.1, 0.15) is 19.3 Å². The van der Waals surface area contributed by atoms with Crippen LogP contribution in [0.2, 0.25) is 0 Å². The first-order valence-electron chi connectivity index (χ1n) is 13.0. The number of fused-ring (bicyclic) bond motifs is 2. The lowest BCUT2D eigenvalue weighted by Gasteiger charge is -2.21. The summed E-state index contributed by atoms with van der Waals surface area (Å²) in [7, 11) is 0. The maximum Gasteiger partial charge on any atom is 0.224 e. The van der Waals surface area contributed by atoms with Gasteiger partial charge in [0.25, 0.3) is 0 Å². The second kappa shape index (κ2) is 10.2. The van der Waals surface area contributed by atoms with Crippen LogP contribution in [0.5, 0.6) is 0 Å². The highest BCUT2D eigenvalue weighted by atomic mass is 32.1. The summed E-state index contributed by atoms with van der Waals surface area (Å²) in [6.07, 6.45) is 9.28. The first kappa shape index (κ1) is 24.5. The van der Waals surface area contributed by atoms with Crippen LogP contribution in [-0.4, -0.2) is 54.1 Å². The number of halogens is 1. The van der Waals surface area contributed by atoms with Crippen LogP contribution in [0.25, 0.3) is 55.3 Å². The number of rotatable bonds is 6. The van der Waals surface area contributed by atoms with E-state index in [1.54, 1.807) is 30.9 Å². The highest BCUT2D eigenvalue weighted by molar-refractivity contribution is 7.13. The third kappa shape index (κ3) is 4.71. The number of piperidine rings is 1. The van der Waals surface area contributed by atoms with Crippen LogP contribution >= 0.6 is 11.3 Å². The normalized spacial score (nSPS) is 14.2. The Hall–Kier alpha value is -4.55. The van der Waals surface area contributed by atoms with Gasteiger partial charge in [-0.2, -0.15) is 9.49 Å². The maximum absolute atomic E-state index is 13.7. The number of H-pyrrole nitrogens is 2. The summed E-state index contributed by atoms with van der Waals surface area (Å²) < 4.78 is 13.7. The summed E-state index contributed by atoms with van der Waals surface area (Å²) in [6.45, 7) is 1.92. The summed E-state index contributed by atoms with van der Waals surface area (Å²) in [6, 6.07) is 8.76. The van der Waals surface area contributed by atoms with Crippen molar-refractivity contribution in [3.8, 4) is 33.3 Å². The topological polar surface area (TPSA) is 137 Å². The largest absolute Gasteiger partial charge is 0.336 e. The Morgan fingerprint density at radius 2 is 1.95 bits per heavy atom. The minimum atomic E-state index is -0.275. The van der Waals surface area contributed by atoms with Crippen molar-refractivity contribution in [3.05, 3.63) is 60.3 Å². The average molecular weight is 554 g/mol. The molecule has 0 radical (unpaired) electrons. The van der Waals surface area contributed by atoms with Gasteiger partial charge in [0.2, 0.25) is 5.91 Å². The second-order valence-electron chi connectivity index (χ2n) is 9.84. The molecule has 1 fully saturated rings. The van der Waals surface area contributed by atoms with Gasteiger partial charge in [0.05, 0.1) is 39.7 Å². The van der Waals surface area contributed by atoms with Gasteiger partial charge in [-0.05, 0) is 62.2 Å². The Bertz CT molecular complexity index is 1850. The molecule has 0 spiro atoms. The predicted octanol–water partition coefficient (Wildman–Crippen LogP) is 5.15. The molecule has 12 heteroatoms. The molecular weight excluding hydrogens is 529 g/mol. The molecule has 0 unspecified atom stereocenters. The monoisotopic (exact) mass is 553 g/mol. The predicted molar refractivity (Wildman–Crippen MR) is 152 cm³/mol. The molecule has 6 aromatic rings. The summed E-state index contributed by atoms with van der Waals surface area (Å²) in [5, 5.41) is 14.4. The molecule has 4 N–H and O–H groups in total. The highest BCUT2D eigenvalue weighted by Gasteiger charge is 2.19. The minimum absolute atomic E-state index is 0.00425. The number of carbonyl (C=O) groups is 1. The molecule has 1 saturated heterocycles. The van der Waals surface area contributed by atoms with Gasteiger partial charge in [-0.25, -0.2) is 4.98 Å². The van der Waals surface area contributed by atoms with Gasteiger partial charge in [0.15, 0.2) is 11.0 Å². The standard InChI is InChI=1S/C28H24FN9OS/c29-23-2-1-22(40-23)27-26-19(5-8-32-27)35-28(36-26)25-18-11-20(33-14-21(18)37-38-25)16-10-17(13-31-12-16)34-24(39)9-15-3-6-30-7-4-15/h1-2,5,8,10-15,30H,3-4,6-7,9H2,(H,34,39)(H,35,36)(H,37,38).